The molecule has 0 aliphatic carbocycles. The van der Waals surface area contributed by atoms with Crippen molar-refractivity contribution in [3.05, 3.63) is 81.8 Å². The number of sulfonamides is 1. The highest BCUT2D eigenvalue weighted by atomic mass is 35.5. The third-order valence-corrected chi connectivity index (χ3v) is 6.10. The second-order valence-corrected chi connectivity index (χ2v) is 9.44. The summed E-state index contributed by atoms with van der Waals surface area (Å²) in [4.78, 5) is 12.2. The van der Waals surface area contributed by atoms with Crippen molar-refractivity contribution in [3.63, 3.8) is 0 Å². The molecule has 1 amide bonds. The van der Waals surface area contributed by atoms with E-state index in [9.17, 15) is 13.2 Å². The van der Waals surface area contributed by atoms with Crippen molar-refractivity contribution in [3.8, 4) is 5.75 Å². The van der Waals surface area contributed by atoms with E-state index in [4.69, 9.17) is 27.9 Å². The van der Waals surface area contributed by atoms with Gasteiger partial charge < -0.3 is 10.1 Å². The largest absolute Gasteiger partial charge is 0.482 e. The van der Waals surface area contributed by atoms with Gasteiger partial charge in [0.15, 0.2) is 6.61 Å². The van der Waals surface area contributed by atoms with Crippen LogP contribution in [-0.2, 0) is 14.8 Å². The third kappa shape index (κ3) is 6.37. The van der Waals surface area contributed by atoms with Crippen LogP contribution in [-0.4, -0.2) is 20.9 Å². The molecule has 31 heavy (non-hydrogen) atoms. The van der Waals surface area contributed by atoms with Crippen LogP contribution in [0.25, 0.3) is 0 Å². The number of amides is 1. The highest BCUT2D eigenvalue weighted by Gasteiger charge is 2.15. The van der Waals surface area contributed by atoms with Gasteiger partial charge in [-0.3, -0.25) is 9.52 Å². The Kier molecular flexibility index (Phi) is 7.10. The van der Waals surface area contributed by atoms with Crippen LogP contribution in [0.4, 0.5) is 11.4 Å². The van der Waals surface area contributed by atoms with Crippen LogP contribution in [0.3, 0.4) is 0 Å². The molecule has 0 bridgehead atoms. The molecule has 0 aliphatic rings. The smallest absolute Gasteiger partial charge is 0.262 e. The number of hydrogen-bond acceptors (Lipinski definition) is 4. The normalized spacial score (nSPS) is 11.1. The number of anilines is 2. The van der Waals surface area contributed by atoms with Gasteiger partial charge in [-0.15, -0.1) is 0 Å². The molecule has 2 N–H and O–H groups in total. The average molecular weight is 479 g/mol. The van der Waals surface area contributed by atoms with E-state index in [2.05, 4.69) is 10.0 Å². The average Bonchev–Trinajstić information content (AvgIpc) is 2.66. The number of aryl methyl sites for hydroxylation is 2. The summed E-state index contributed by atoms with van der Waals surface area (Å²) in [5, 5.41) is 3.40. The fourth-order valence-electron chi connectivity index (χ4n) is 2.90. The first-order chi connectivity index (χ1) is 14.6. The first-order valence-corrected chi connectivity index (χ1v) is 11.5. The van der Waals surface area contributed by atoms with Crippen molar-refractivity contribution < 1.29 is 17.9 Å². The van der Waals surface area contributed by atoms with Crippen LogP contribution in [0.1, 0.15) is 11.1 Å². The Bertz CT molecular complexity index is 1190. The van der Waals surface area contributed by atoms with Crippen LogP contribution >= 0.6 is 23.2 Å². The molecule has 0 atom stereocenters. The summed E-state index contributed by atoms with van der Waals surface area (Å²) in [5.74, 6) is -0.0879. The molecule has 0 fully saturated rings. The maximum atomic E-state index is 12.6. The number of benzene rings is 3. The van der Waals surface area contributed by atoms with E-state index in [0.717, 1.165) is 11.1 Å². The standard InChI is InChI=1S/C22H20Cl2N2O4S/c1-14-9-15(2)11-18(10-14)26-31(28,29)19-6-4-17(5-7-19)25-22(27)13-30-21-8-3-16(23)12-20(21)24/h3-12,26H,13H2,1-2H3,(H,25,27). The zero-order valence-electron chi connectivity index (χ0n) is 16.8. The van der Waals surface area contributed by atoms with E-state index in [1.165, 1.54) is 30.3 Å². The van der Waals surface area contributed by atoms with Gasteiger partial charge in [0, 0.05) is 16.4 Å². The number of carbonyl (C=O) groups excluding carboxylic acids is 1. The van der Waals surface area contributed by atoms with Gasteiger partial charge in [0.1, 0.15) is 5.75 Å². The van der Waals surface area contributed by atoms with Gasteiger partial charge in [0.05, 0.1) is 9.92 Å². The van der Waals surface area contributed by atoms with Crippen molar-refractivity contribution in [1.82, 2.24) is 0 Å². The van der Waals surface area contributed by atoms with Crippen molar-refractivity contribution in [2.24, 2.45) is 0 Å². The lowest BCUT2D eigenvalue weighted by atomic mass is 10.1. The molecule has 9 heteroatoms. The summed E-state index contributed by atoms with van der Waals surface area (Å²) < 4.78 is 33.2. The minimum atomic E-state index is -3.76. The van der Waals surface area contributed by atoms with Crippen LogP contribution in [0, 0.1) is 13.8 Å². The molecule has 0 saturated heterocycles. The Morgan fingerprint density at radius 1 is 0.903 bits per heavy atom. The second kappa shape index (κ2) is 9.60. The molecule has 0 radical (unpaired) electrons. The maximum absolute atomic E-state index is 12.6. The fraction of sp³-hybridized carbons (Fsp3) is 0.136. The van der Waals surface area contributed by atoms with Gasteiger partial charge in [0.2, 0.25) is 0 Å². The molecule has 0 spiro atoms. The Labute approximate surface area is 191 Å². The van der Waals surface area contributed by atoms with E-state index in [1.807, 2.05) is 19.9 Å². The summed E-state index contributed by atoms with van der Waals surface area (Å²) in [6.45, 7) is 3.52. The summed E-state index contributed by atoms with van der Waals surface area (Å²) in [6, 6.07) is 16.0. The molecule has 0 unspecified atom stereocenters. The molecule has 3 aromatic rings. The van der Waals surface area contributed by atoms with E-state index in [1.54, 1.807) is 24.3 Å². The monoisotopic (exact) mass is 478 g/mol. The minimum absolute atomic E-state index is 0.0776. The predicted octanol–water partition coefficient (Wildman–Crippen LogP) is 5.43. The first kappa shape index (κ1) is 22.9. The summed E-state index contributed by atoms with van der Waals surface area (Å²) >= 11 is 11.8. The van der Waals surface area contributed by atoms with Gasteiger partial charge in [0.25, 0.3) is 15.9 Å². The maximum Gasteiger partial charge on any atom is 0.262 e. The van der Waals surface area contributed by atoms with Crippen LogP contribution in [0.5, 0.6) is 5.75 Å². The van der Waals surface area contributed by atoms with Crippen LogP contribution < -0.4 is 14.8 Å². The number of carbonyl (C=O) groups is 1. The zero-order chi connectivity index (χ0) is 22.6. The quantitative estimate of drug-likeness (QED) is 0.474. The molecule has 0 aliphatic heterocycles. The van der Waals surface area contributed by atoms with Crippen molar-refractivity contribution >= 4 is 50.5 Å². The topological polar surface area (TPSA) is 84.5 Å². The SMILES string of the molecule is Cc1cc(C)cc(NS(=O)(=O)c2ccc(NC(=O)COc3ccc(Cl)cc3Cl)cc2)c1. The predicted molar refractivity (Wildman–Crippen MR) is 124 cm³/mol. The molecule has 0 heterocycles. The lowest BCUT2D eigenvalue weighted by molar-refractivity contribution is -0.118. The van der Waals surface area contributed by atoms with Gasteiger partial charge in [-0.05, 0) is 79.6 Å². The fourth-order valence-corrected chi connectivity index (χ4v) is 4.40. The lowest BCUT2D eigenvalue weighted by Gasteiger charge is -2.11. The molecular weight excluding hydrogens is 459 g/mol. The lowest BCUT2D eigenvalue weighted by Crippen LogP contribution is -2.20. The van der Waals surface area contributed by atoms with Crippen LogP contribution in [0.2, 0.25) is 10.0 Å². The van der Waals surface area contributed by atoms with Crippen LogP contribution in [0.15, 0.2) is 65.6 Å². The number of rotatable bonds is 7. The zero-order valence-corrected chi connectivity index (χ0v) is 19.1. The number of halogens is 2. The summed E-state index contributed by atoms with van der Waals surface area (Å²) in [6.07, 6.45) is 0. The van der Waals surface area contributed by atoms with E-state index < -0.39 is 15.9 Å². The molecular formula is C22H20Cl2N2O4S. The van der Waals surface area contributed by atoms with Gasteiger partial charge in [-0.2, -0.15) is 0 Å². The number of hydrogen-bond donors (Lipinski definition) is 2. The van der Waals surface area contributed by atoms with E-state index in [-0.39, 0.29) is 11.5 Å². The van der Waals surface area contributed by atoms with Crippen molar-refractivity contribution in [1.29, 1.82) is 0 Å². The third-order valence-electron chi connectivity index (χ3n) is 4.17. The molecule has 0 aromatic heterocycles. The Morgan fingerprint density at radius 2 is 1.55 bits per heavy atom. The highest BCUT2D eigenvalue weighted by Crippen LogP contribution is 2.27. The molecule has 162 valence electrons. The molecule has 0 saturated carbocycles. The number of ether oxygens (including phenoxy) is 1. The van der Waals surface area contributed by atoms with E-state index >= 15 is 0 Å². The van der Waals surface area contributed by atoms with Gasteiger partial charge in [-0.1, -0.05) is 29.3 Å². The van der Waals surface area contributed by atoms with Gasteiger partial charge in [-0.25, -0.2) is 8.42 Å². The first-order valence-electron chi connectivity index (χ1n) is 9.21. The minimum Gasteiger partial charge on any atom is -0.482 e. The molecule has 3 rings (SSSR count). The van der Waals surface area contributed by atoms with Gasteiger partial charge >= 0.3 is 0 Å². The molecule has 6 nitrogen and oxygen atoms in total. The van der Waals surface area contributed by atoms with Crippen molar-refractivity contribution in [2.75, 3.05) is 16.6 Å². The molecule has 3 aromatic carbocycles. The Balaban J connectivity index is 1.61. The van der Waals surface area contributed by atoms with E-state index in [0.29, 0.717) is 27.2 Å². The Morgan fingerprint density at radius 3 is 2.16 bits per heavy atom. The van der Waals surface area contributed by atoms with Crippen molar-refractivity contribution in [2.45, 2.75) is 18.7 Å². The summed E-state index contributed by atoms with van der Waals surface area (Å²) in [7, 11) is -3.76. The highest BCUT2D eigenvalue weighted by molar-refractivity contribution is 7.92. The second-order valence-electron chi connectivity index (χ2n) is 6.92. The number of nitrogens with one attached hydrogen (secondary N) is 2. The Hall–Kier alpha value is -2.74. The summed E-state index contributed by atoms with van der Waals surface area (Å²) in [5.41, 5.74) is 2.84.